The molecule has 1 aromatic heterocycles. The molecule has 0 aliphatic carbocycles. The summed E-state index contributed by atoms with van der Waals surface area (Å²) in [7, 11) is 1.91. The lowest BCUT2D eigenvalue weighted by Crippen LogP contribution is -2.36. The highest BCUT2D eigenvalue weighted by Gasteiger charge is 2.10. The number of amides is 1. The second-order valence-electron chi connectivity index (χ2n) is 7.10. The van der Waals surface area contributed by atoms with E-state index in [1.807, 2.05) is 35.9 Å². The van der Waals surface area contributed by atoms with E-state index in [1.54, 1.807) is 36.4 Å². The average Bonchev–Trinajstić information content (AvgIpc) is 3.23. The van der Waals surface area contributed by atoms with Gasteiger partial charge in [-0.3, -0.25) is 4.79 Å². The first-order valence-electron chi connectivity index (χ1n) is 10.0. The van der Waals surface area contributed by atoms with E-state index in [9.17, 15) is 4.79 Å². The van der Waals surface area contributed by atoms with E-state index >= 15 is 0 Å². The summed E-state index contributed by atoms with van der Waals surface area (Å²) in [5.74, 6) is 0.515. The maximum atomic E-state index is 12.3. The number of aromatic nitrogens is 3. The van der Waals surface area contributed by atoms with E-state index < -0.39 is 0 Å². The number of anilines is 1. The third-order valence-corrected chi connectivity index (χ3v) is 6.01. The van der Waals surface area contributed by atoms with Crippen molar-refractivity contribution in [1.29, 1.82) is 0 Å². The normalized spacial score (nSPS) is 14.2. The van der Waals surface area contributed by atoms with Gasteiger partial charge in [-0.1, -0.05) is 36.0 Å². The summed E-state index contributed by atoms with van der Waals surface area (Å²) in [6, 6.07) is 15.6. The standard InChI is InChI=1S/C22H24N6O2S/c1-27-16-24-26-22(27)31-15-18-2-6-19(7-3-18)21(29)25-23-14-17-4-8-20(9-5-17)28-10-12-30-13-11-28/h2-9,14,16H,10-13,15H2,1H3,(H,25,29)/b23-14+. The first kappa shape index (κ1) is 21.1. The minimum Gasteiger partial charge on any atom is -0.378 e. The summed E-state index contributed by atoms with van der Waals surface area (Å²) < 4.78 is 7.26. The smallest absolute Gasteiger partial charge is 0.271 e. The summed E-state index contributed by atoms with van der Waals surface area (Å²) in [4.78, 5) is 14.6. The first-order valence-corrected chi connectivity index (χ1v) is 11.0. The highest BCUT2D eigenvalue weighted by atomic mass is 32.2. The van der Waals surface area contributed by atoms with Crippen LogP contribution in [-0.4, -0.2) is 53.2 Å². The molecule has 1 aliphatic rings. The van der Waals surface area contributed by atoms with E-state index in [0.717, 1.165) is 48.3 Å². The van der Waals surface area contributed by atoms with Gasteiger partial charge in [0.25, 0.3) is 5.91 Å². The third kappa shape index (κ3) is 5.71. The van der Waals surface area contributed by atoms with Gasteiger partial charge in [-0.15, -0.1) is 10.2 Å². The number of carbonyl (C=O) groups excluding carboxylic acids is 1. The molecule has 0 radical (unpaired) electrons. The molecule has 1 amide bonds. The van der Waals surface area contributed by atoms with Crippen LogP contribution >= 0.6 is 11.8 Å². The molecule has 0 saturated carbocycles. The monoisotopic (exact) mass is 436 g/mol. The van der Waals surface area contributed by atoms with Crippen LogP contribution in [0.3, 0.4) is 0 Å². The molecule has 3 aromatic rings. The molecule has 0 atom stereocenters. The van der Waals surface area contributed by atoms with Gasteiger partial charge in [0.05, 0.1) is 19.4 Å². The number of benzene rings is 2. The summed E-state index contributed by atoms with van der Waals surface area (Å²) in [5, 5.41) is 12.9. The van der Waals surface area contributed by atoms with Gasteiger partial charge in [-0.05, 0) is 35.4 Å². The number of rotatable bonds is 7. The van der Waals surface area contributed by atoms with Crippen LogP contribution < -0.4 is 10.3 Å². The van der Waals surface area contributed by atoms with Crippen molar-refractivity contribution in [3.05, 3.63) is 71.5 Å². The molecule has 0 bridgehead atoms. The SMILES string of the molecule is Cn1cnnc1SCc1ccc(C(=O)N/N=C/c2ccc(N3CCOCC3)cc2)cc1. The van der Waals surface area contributed by atoms with Crippen LogP contribution in [0.15, 0.2) is 65.1 Å². The summed E-state index contributed by atoms with van der Waals surface area (Å²) in [6.07, 6.45) is 3.32. The minimum absolute atomic E-state index is 0.242. The number of ether oxygens (including phenoxy) is 1. The van der Waals surface area contributed by atoms with Crippen molar-refractivity contribution < 1.29 is 9.53 Å². The Morgan fingerprint density at radius 3 is 2.58 bits per heavy atom. The number of carbonyl (C=O) groups is 1. The Labute approximate surface area is 185 Å². The van der Waals surface area contributed by atoms with Crippen molar-refractivity contribution >= 4 is 29.6 Å². The highest BCUT2D eigenvalue weighted by Crippen LogP contribution is 2.20. The lowest BCUT2D eigenvalue weighted by atomic mass is 10.1. The maximum absolute atomic E-state index is 12.3. The van der Waals surface area contributed by atoms with Crippen molar-refractivity contribution in [2.45, 2.75) is 10.9 Å². The van der Waals surface area contributed by atoms with Crippen molar-refractivity contribution in [1.82, 2.24) is 20.2 Å². The number of thioether (sulfide) groups is 1. The molecule has 8 nitrogen and oxygen atoms in total. The topological polar surface area (TPSA) is 84.6 Å². The minimum atomic E-state index is -0.242. The van der Waals surface area contributed by atoms with Gasteiger partial charge in [0, 0.05) is 37.1 Å². The van der Waals surface area contributed by atoms with Crippen LogP contribution in [0.25, 0.3) is 0 Å². The fourth-order valence-electron chi connectivity index (χ4n) is 3.13. The maximum Gasteiger partial charge on any atom is 0.271 e. The summed E-state index contributed by atoms with van der Waals surface area (Å²) in [5.41, 5.74) is 6.34. The molecule has 1 N–H and O–H groups in total. The lowest BCUT2D eigenvalue weighted by Gasteiger charge is -2.28. The Balaban J connectivity index is 1.27. The molecule has 31 heavy (non-hydrogen) atoms. The largest absolute Gasteiger partial charge is 0.378 e. The Bertz CT molecular complexity index is 1030. The quantitative estimate of drug-likeness (QED) is 0.348. The van der Waals surface area contributed by atoms with Crippen LogP contribution in [0.2, 0.25) is 0 Å². The zero-order chi connectivity index (χ0) is 21.5. The Morgan fingerprint density at radius 2 is 1.90 bits per heavy atom. The average molecular weight is 437 g/mol. The van der Waals surface area contributed by atoms with E-state index in [1.165, 1.54) is 5.69 Å². The Hall–Kier alpha value is -3.17. The van der Waals surface area contributed by atoms with Gasteiger partial charge in [0.2, 0.25) is 0 Å². The fourth-order valence-corrected chi connectivity index (χ4v) is 3.97. The van der Waals surface area contributed by atoms with Crippen LogP contribution in [0.1, 0.15) is 21.5 Å². The number of hydrogen-bond acceptors (Lipinski definition) is 7. The van der Waals surface area contributed by atoms with Gasteiger partial charge < -0.3 is 14.2 Å². The third-order valence-electron chi connectivity index (χ3n) is 4.90. The van der Waals surface area contributed by atoms with E-state index in [0.29, 0.717) is 5.56 Å². The van der Waals surface area contributed by atoms with E-state index in [2.05, 4.69) is 37.8 Å². The van der Waals surface area contributed by atoms with Gasteiger partial charge in [-0.25, -0.2) is 5.43 Å². The van der Waals surface area contributed by atoms with Crippen molar-refractivity contribution in [2.75, 3.05) is 31.2 Å². The van der Waals surface area contributed by atoms with Crippen LogP contribution in [0, 0.1) is 0 Å². The molecule has 1 aliphatic heterocycles. The molecular formula is C22H24N6O2S. The molecule has 1 fully saturated rings. The number of morpholine rings is 1. The molecule has 1 saturated heterocycles. The van der Waals surface area contributed by atoms with Crippen molar-refractivity contribution in [2.24, 2.45) is 12.1 Å². The number of nitrogens with zero attached hydrogens (tertiary/aromatic N) is 5. The first-order chi connectivity index (χ1) is 15.2. The number of nitrogens with one attached hydrogen (secondary N) is 1. The molecule has 0 spiro atoms. The second kappa shape index (κ2) is 10.2. The Morgan fingerprint density at radius 1 is 1.16 bits per heavy atom. The molecule has 160 valence electrons. The Kier molecular flexibility index (Phi) is 6.96. The van der Waals surface area contributed by atoms with Gasteiger partial charge in [-0.2, -0.15) is 5.10 Å². The number of hydrogen-bond donors (Lipinski definition) is 1. The van der Waals surface area contributed by atoms with Gasteiger partial charge >= 0.3 is 0 Å². The van der Waals surface area contributed by atoms with Crippen LogP contribution in [0.4, 0.5) is 5.69 Å². The predicted octanol–water partition coefficient (Wildman–Crippen LogP) is 2.71. The number of aryl methyl sites for hydroxylation is 1. The summed E-state index contributed by atoms with van der Waals surface area (Å²) >= 11 is 1.60. The molecule has 2 aromatic carbocycles. The predicted molar refractivity (Wildman–Crippen MR) is 122 cm³/mol. The van der Waals surface area contributed by atoms with Crippen molar-refractivity contribution in [3.8, 4) is 0 Å². The molecule has 0 unspecified atom stereocenters. The van der Waals surface area contributed by atoms with Gasteiger partial charge in [0.1, 0.15) is 6.33 Å². The molecule has 2 heterocycles. The second-order valence-corrected chi connectivity index (χ2v) is 8.04. The highest BCUT2D eigenvalue weighted by molar-refractivity contribution is 7.98. The van der Waals surface area contributed by atoms with Crippen LogP contribution in [0.5, 0.6) is 0 Å². The zero-order valence-corrected chi connectivity index (χ0v) is 18.1. The van der Waals surface area contributed by atoms with E-state index in [4.69, 9.17) is 4.74 Å². The van der Waals surface area contributed by atoms with Crippen LogP contribution in [-0.2, 0) is 17.5 Å². The molecule has 4 rings (SSSR count). The molecule has 9 heteroatoms. The zero-order valence-electron chi connectivity index (χ0n) is 17.3. The fraction of sp³-hybridized carbons (Fsp3) is 0.273. The van der Waals surface area contributed by atoms with E-state index in [-0.39, 0.29) is 5.91 Å². The molecular weight excluding hydrogens is 412 g/mol. The summed E-state index contributed by atoms with van der Waals surface area (Å²) in [6.45, 7) is 3.33. The van der Waals surface area contributed by atoms with Gasteiger partial charge in [0.15, 0.2) is 5.16 Å². The number of hydrazone groups is 1. The lowest BCUT2D eigenvalue weighted by molar-refractivity contribution is 0.0955. The van der Waals surface area contributed by atoms with Crippen molar-refractivity contribution in [3.63, 3.8) is 0 Å².